The molecule has 0 aliphatic carbocycles. The Balaban J connectivity index is 1.55. The van der Waals surface area contributed by atoms with Crippen molar-refractivity contribution in [3.8, 4) is 56.9 Å². The van der Waals surface area contributed by atoms with Crippen molar-refractivity contribution < 1.29 is 0 Å². The molecule has 0 radical (unpaired) electrons. The smallest absolute Gasteiger partial charge is 0.160 e. The molecule has 6 rings (SSSR count). The minimum atomic E-state index is 0.618. The second-order valence-corrected chi connectivity index (χ2v) is 8.98. The van der Waals surface area contributed by atoms with Gasteiger partial charge in [0.2, 0.25) is 0 Å². The lowest BCUT2D eigenvalue weighted by molar-refractivity contribution is 1.13. The fraction of sp³-hybridized carbons (Fsp3) is 0.0625. The standard InChI is InChI=1S/C32H24N6/c1-21-14-16-26(24-12-6-8-18-33-24)35-30(21)28-20-29(38-32(37-28)23-10-4-3-5-11-23)31-22(2)15-17-27(36-31)25-13-7-9-19-34-25/h3-20H,1-2H3. The number of aromatic nitrogens is 6. The zero-order valence-electron chi connectivity index (χ0n) is 21.1. The summed E-state index contributed by atoms with van der Waals surface area (Å²) in [6.07, 6.45) is 3.55. The highest BCUT2D eigenvalue weighted by Crippen LogP contribution is 2.31. The summed E-state index contributed by atoms with van der Waals surface area (Å²) in [6, 6.07) is 31.7. The van der Waals surface area contributed by atoms with Crippen LogP contribution >= 0.6 is 0 Å². The minimum Gasteiger partial charge on any atom is -0.255 e. The summed E-state index contributed by atoms with van der Waals surface area (Å²) in [5, 5.41) is 0. The van der Waals surface area contributed by atoms with Crippen LogP contribution in [0, 0.1) is 13.8 Å². The summed E-state index contributed by atoms with van der Waals surface area (Å²) in [4.78, 5) is 28.9. The fourth-order valence-corrected chi connectivity index (χ4v) is 4.30. The zero-order chi connectivity index (χ0) is 25.9. The van der Waals surface area contributed by atoms with E-state index in [4.69, 9.17) is 19.9 Å². The van der Waals surface area contributed by atoms with Crippen molar-refractivity contribution in [1.82, 2.24) is 29.9 Å². The lowest BCUT2D eigenvalue weighted by atomic mass is 10.1. The Hall–Kier alpha value is -5.10. The Morgan fingerprint density at radius 3 is 1.39 bits per heavy atom. The van der Waals surface area contributed by atoms with Crippen molar-refractivity contribution in [2.45, 2.75) is 13.8 Å². The van der Waals surface area contributed by atoms with Crippen LogP contribution in [-0.4, -0.2) is 29.9 Å². The predicted molar refractivity (Wildman–Crippen MR) is 150 cm³/mol. The third kappa shape index (κ3) is 4.67. The molecule has 0 bridgehead atoms. The second-order valence-electron chi connectivity index (χ2n) is 8.98. The third-order valence-electron chi connectivity index (χ3n) is 6.29. The first-order valence-corrected chi connectivity index (χ1v) is 12.4. The van der Waals surface area contributed by atoms with Crippen molar-refractivity contribution >= 4 is 0 Å². The van der Waals surface area contributed by atoms with Crippen LogP contribution < -0.4 is 0 Å². The topological polar surface area (TPSA) is 77.3 Å². The number of hydrogen-bond donors (Lipinski definition) is 0. The van der Waals surface area contributed by atoms with Crippen LogP contribution in [0.4, 0.5) is 0 Å². The van der Waals surface area contributed by atoms with Crippen LogP contribution in [0.1, 0.15) is 11.1 Å². The molecule has 0 atom stereocenters. The molecule has 5 heterocycles. The van der Waals surface area contributed by atoms with Crippen molar-refractivity contribution in [2.75, 3.05) is 0 Å². The molecule has 0 amide bonds. The Bertz CT molecular complexity index is 1610. The van der Waals surface area contributed by atoms with E-state index in [1.165, 1.54) is 0 Å². The quantitative estimate of drug-likeness (QED) is 0.258. The number of nitrogens with zero attached hydrogens (tertiary/aromatic N) is 6. The van der Waals surface area contributed by atoms with E-state index in [9.17, 15) is 0 Å². The molecular weight excluding hydrogens is 468 g/mol. The van der Waals surface area contributed by atoms with Gasteiger partial charge >= 0.3 is 0 Å². The van der Waals surface area contributed by atoms with Gasteiger partial charge in [-0.2, -0.15) is 0 Å². The van der Waals surface area contributed by atoms with E-state index in [1.807, 2.05) is 98.8 Å². The van der Waals surface area contributed by atoms with E-state index in [0.717, 1.165) is 62.2 Å². The molecule has 6 heteroatoms. The van der Waals surface area contributed by atoms with E-state index in [-0.39, 0.29) is 0 Å². The maximum absolute atomic E-state index is 4.99. The summed E-state index contributed by atoms with van der Waals surface area (Å²) in [5.74, 6) is 0.618. The second kappa shape index (κ2) is 10.1. The highest BCUT2D eigenvalue weighted by molar-refractivity contribution is 5.73. The summed E-state index contributed by atoms with van der Waals surface area (Å²) >= 11 is 0. The van der Waals surface area contributed by atoms with Crippen LogP contribution in [0.3, 0.4) is 0 Å². The zero-order valence-corrected chi connectivity index (χ0v) is 21.1. The van der Waals surface area contributed by atoms with E-state index < -0.39 is 0 Å². The average molecular weight is 493 g/mol. The minimum absolute atomic E-state index is 0.618. The molecule has 0 aliphatic heterocycles. The van der Waals surface area contributed by atoms with Gasteiger partial charge in [-0.25, -0.2) is 19.9 Å². The predicted octanol–water partition coefficient (Wildman–Crippen LogP) is 7.01. The molecule has 0 N–H and O–H groups in total. The fourth-order valence-electron chi connectivity index (χ4n) is 4.30. The van der Waals surface area contributed by atoms with E-state index in [1.54, 1.807) is 12.4 Å². The Labute approximate surface area is 221 Å². The van der Waals surface area contributed by atoms with Gasteiger partial charge in [0, 0.05) is 18.0 Å². The van der Waals surface area contributed by atoms with Crippen LogP contribution in [0.2, 0.25) is 0 Å². The Morgan fingerprint density at radius 1 is 0.421 bits per heavy atom. The van der Waals surface area contributed by atoms with Gasteiger partial charge in [-0.1, -0.05) is 54.6 Å². The van der Waals surface area contributed by atoms with Crippen LogP contribution in [-0.2, 0) is 0 Å². The molecule has 6 aromatic rings. The van der Waals surface area contributed by atoms with E-state index in [2.05, 4.69) is 22.1 Å². The summed E-state index contributed by atoms with van der Waals surface area (Å²) in [7, 11) is 0. The van der Waals surface area contributed by atoms with Gasteiger partial charge in [0.1, 0.15) is 0 Å². The van der Waals surface area contributed by atoms with E-state index >= 15 is 0 Å². The molecule has 0 fully saturated rings. The molecule has 1 aromatic carbocycles. The van der Waals surface area contributed by atoms with Gasteiger partial charge in [0.15, 0.2) is 5.82 Å². The van der Waals surface area contributed by atoms with Gasteiger partial charge in [0.05, 0.1) is 45.6 Å². The highest BCUT2D eigenvalue weighted by Gasteiger charge is 2.17. The van der Waals surface area contributed by atoms with Crippen molar-refractivity contribution in [3.05, 3.63) is 121 Å². The number of benzene rings is 1. The van der Waals surface area contributed by atoms with Gasteiger partial charge < -0.3 is 0 Å². The summed E-state index contributed by atoms with van der Waals surface area (Å²) in [5.41, 5.74) is 9.19. The van der Waals surface area contributed by atoms with Crippen LogP contribution in [0.15, 0.2) is 109 Å². The first kappa shape index (κ1) is 23.3. The Kier molecular flexibility index (Phi) is 6.20. The molecule has 0 saturated carbocycles. The largest absolute Gasteiger partial charge is 0.255 e. The number of pyridine rings is 4. The normalized spacial score (nSPS) is 10.9. The summed E-state index contributed by atoms with van der Waals surface area (Å²) in [6.45, 7) is 4.08. The van der Waals surface area contributed by atoms with Gasteiger partial charge in [0.25, 0.3) is 0 Å². The SMILES string of the molecule is Cc1ccc(-c2ccccn2)nc1-c1cc(-c2nc(-c3ccccn3)ccc2C)nc(-c2ccccc2)n1. The van der Waals surface area contributed by atoms with Crippen LogP contribution in [0.5, 0.6) is 0 Å². The molecule has 182 valence electrons. The molecule has 0 saturated heterocycles. The van der Waals surface area contributed by atoms with E-state index in [0.29, 0.717) is 5.82 Å². The maximum atomic E-state index is 4.99. The maximum Gasteiger partial charge on any atom is 0.160 e. The molecule has 38 heavy (non-hydrogen) atoms. The van der Waals surface area contributed by atoms with Gasteiger partial charge in [-0.3, -0.25) is 9.97 Å². The number of aryl methyl sites for hydroxylation is 2. The third-order valence-corrected chi connectivity index (χ3v) is 6.29. The van der Waals surface area contributed by atoms with Crippen molar-refractivity contribution in [3.63, 3.8) is 0 Å². The highest BCUT2D eigenvalue weighted by atomic mass is 14.9. The number of rotatable bonds is 5. The van der Waals surface area contributed by atoms with Crippen molar-refractivity contribution in [1.29, 1.82) is 0 Å². The molecule has 0 spiro atoms. The lowest BCUT2D eigenvalue weighted by Gasteiger charge is -2.13. The van der Waals surface area contributed by atoms with Gasteiger partial charge in [-0.05, 0) is 67.4 Å². The monoisotopic (exact) mass is 492 g/mol. The molecule has 0 aliphatic rings. The lowest BCUT2D eigenvalue weighted by Crippen LogP contribution is -2.01. The molecule has 6 nitrogen and oxygen atoms in total. The molecular formula is C32H24N6. The summed E-state index contributed by atoms with van der Waals surface area (Å²) < 4.78 is 0. The van der Waals surface area contributed by atoms with Gasteiger partial charge in [-0.15, -0.1) is 0 Å². The average Bonchev–Trinajstić information content (AvgIpc) is 2.99. The van der Waals surface area contributed by atoms with Crippen molar-refractivity contribution in [2.24, 2.45) is 0 Å². The first-order valence-electron chi connectivity index (χ1n) is 12.4. The first-order chi connectivity index (χ1) is 18.7. The molecule has 5 aromatic heterocycles. The number of hydrogen-bond acceptors (Lipinski definition) is 6. The van der Waals surface area contributed by atoms with Crippen LogP contribution in [0.25, 0.3) is 56.9 Å². The Morgan fingerprint density at radius 2 is 0.921 bits per heavy atom. The molecule has 0 unspecified atom stereocenters.